The SMILES string of the molecule is CCOc1cc(/C=C(/C#N)C(=O)Nc2ccc(O)cc2)cc(I)c1O. The Balaban J connectivity index is 2.29. The van der Waals surface area contributed by atoms with E-state index in [0.717, 1.165) is 0 Å². The van der Waals surface area contributed by atoms with Crippen molar-refractivity contribution in [3.8, 4) is 23.3 Å². The molecule has 0 spiro atoms. The highest BCUT2D eigenvalue weighted by Gasteiger charge is 2.12. The van der Waals surface area contributed by atoms with Gasteiger partial charge in [-0.1, -0.05) is 0 Å². The van der Waals surface area contributed by atoms with Crippen molar-refractivity contribution in [2.45, 2.75) is 6.92 Å². The number of amides is 1. The summed E-state index contributed by atoms with van der Waals surface area (Å²) in [6, 6.07) is 11.0. The fourth-order valence-electron chi connectivity index (χ4n) is 2.00. The largest absolute Gasteiger partial charge is 0.508 e. The normalized spacial score (nSPS) is 10.8. The van der Waals surface area contributed by atoms with Crippen LogP contribution in [0.1, 0.15) is 12.5 Å². The van der Waals surface area contributed by atoms with E-state index in [1.54, 1.807) is 19.1 Å². The molecule has 128 valence electrons. The molecule has 3 N–H and O–H groups in total. The number of halogens is 1. The van der Waals surface area contributed by atoms with Crippen molar-refractivity contribution in [3.05, 3.63) is 51.1 Å². The highest BCUT2D eigenvalue weighted by Crippen LogP contribution is 2.33. The number of aromatic hydroxyl groups is 2. The second-order valence-corrected chi connectivity index (χ2v) is 6.12. The highest BCUT2D eigenvalue weighted by molar-refractivity contribution is 14.1. The van der Waals surface area contributed by atoms with Gasteiger partial charge in [-0.25, -0.2) is 0 Å². The maximum absolute atomic E-state index is 12.2. The number of phenols is 2. The van der Waals surface area contributed by atoms with Crippen molar-refractivity contribution in [1.82, 2.24) is 0 Å². The summed E-state index contributed by atoms with van der Waals surface area (Å²) >= 11 is 1.95. The molecule has 7 heteroatoms. The summed E-state index contributed by atoms with van der Waals surface area (Å²) in [4.78, 5) is 12.2. The van der Waals surface area contributed by atoms with Gasteiger partial charge in [-0.15, -0.1) is 0 Å². The predicted octanol–water partition coefficient (Wildman–Crippen LogP) is 3.65. The molecule has 0 aromatic heterocycles. The molecular weight excluding hydrogens is 435 g/mol. The summed E-state index contributed by atoms with van der Waals surface area (Å²) in [7, 11) is 0. The molecule has 1 amide bonds. The molecule has 0 saturated carbocycles. The fraction of sp³-hybridized carbons (Fsp3) is 0.111. The molecule has 0 aliphatic carbocycles. The minimum Gasteiger partial charge on any atom is -0.508 e. The Morgan fingerprint density at radius 1 is 1.32 bits per heavy atom. The van der Waals surface area contributed by atoms with Crippen molar-refractivity contribution < 1.29 is 19.7 Å². The van der Waals surface area contributed by atoms with Crippen LogP contribution in [0.2, 0.25) is 0 Å². The van der Waals surface area contributed by atoms with E-state index in [9.17, 15) is 20.3 Å². The number of benzene rings is 2. The first-order valence-corrected chi connectivity index (χ1v) is 8.40. The third-order valence-electron chi connectivity index (χ3n) is 3.15. The first-order valence-electron chi connectivity index (χ1n) is 7.32. The minimum atomic E-state index is -0.575. The Bertz CT molecular complexity index is 855. The molecular formula is C18H15IN2O4. The predicted molar refractivity (Wildman–Crippen MR) is 102 cm³/mol. The molecule has 2 aromatic rings. The van der Waals surface area contributed by atoms with Gasteiger partial charge in [0.1, 0.15) is 17.4 Å². The number of nitrogens with one attached hydrogen (secondary N) is 1. The number of nitrogens with zero attached hydrogens (tertiary/aromatic N) is 1. The van der Waals surface area contributed by atoms with Crippen LogP contribution >= 0.6 is 22.6 Å². The van der Waals surface area contributed by atoms with Gasteiger partial charge < -0.3 is 20.3 Å². The van der Waals surface area contributed by atoms with E-state index in [1.807, 2.05) is 28.7 Å². The molecule has 0 aliphatic heterocycles. The molecule has 6 nitrogen and oxygen atoms in total. The van der Waals surface area contributed by atoms with Gasteiger partial charge in [0.15, 0.2) is 11.5 Å². The van der Waals surface area contributed by atoms with Crippen LogP contribution in [-0.4, -0.2) is 22.7 Å². The number of hydrogen-bond donors (Lipinski definition) is 3. The molecule has 0 saturated heterocycles. The van der Waals surface area contributed by atoms with E-state index in [4.69, 9.17) is 4.74 Å². The van der Waals surface area contributed by atoms with Crippen LogP contribution < -0.4 is 10.1 Å². The lowest BCUT2D eigenvalue weighted by atomic mass is 10.1. The first-order chi connectivity index (χ1) is 11.9. The Kier molecular flexibility index (Phi) is 6.25. The number of rotatable bonds is 5. The molecule has 2 rings (SSSR count). The van der Waals surface area contributed by atoms with Crippen LogP contribution in [0.25, 0.3) is 6.08 Å². The van der Waals surface area contributed by atoms with Gasteiger partial charge in [0.05, 0.1) is 10.2 Å². The smallest absolute Gasteiger partial charge is 0.266 e. The van der Waals surface area contributed by atoms with Crippen molar-refractivity contribution in [3.63, 3.8) is 0 Å². The van der Waals surface area contributed by atoms with E-state index in [0.29, 0.717) is 21.4 Å². The van der Waals surface area contributed by atoms with Crippen molar-refractivity contribution in [2.75, 3.05) is 11.9 Å². The van der Waals surface area contributed by atoms with Crippen LogP contribution in [0.3, 0.4) is 0 Å². The lowest BCUT2D eigenvalue weighted by Gasteiger charge is -2.09. The van der Waals surface area contributed by atoms with Crippen LogP contribution in [0.5, 0.6) is 17.2 Å². The van der Waals surface area contributed by atoms with E-state index in [2.05, 4.69) is 5.32 Å². The van der Waals surface area contributed by atoms with Crippen molar-refractivity contribution in [2.24, 2.45) is 0 Å². The fourth-order valence-corrected chi connectivity index (χ4v) is 2.63. The highest BCUT2D eigenvalue weighted by atomic mass is 127. The van der Waals surface area contributed by atoms with Crippen LogP contribution in [-0.2, 0) is 4.79 Å². The van der Waals surface area contributed by atoms with Gasteiger partial charge in [0.25, 0.3) is 5.91 Å². The number of anilines is 1. The lowest BCUT2D eigenvalue weighted by Crippen LogP contribution is -2.13. The van der Waals surface area contributed by atoms with Crippen LogP contribution in [0.4, 0.5) is 5.69 Å². The van der Waals surface area contributed by atoms with Gasteiger partial charge in [-0.2, -0.15) is 5.26 Å². The lowest BCUT2D eigenvalue weighted by molar-refractivity contribution is -0.112. The molecule has 2 aromatic carbocycles. The zero-order valence-electron chi connectivity index (χ0n) is 13.3. The molecule has 25 heavy (non-hydrogen) atoms. The quantitative estimate of drug-likeness (QED) is 0.280. The van der Waals surface area contributed by atoms with Crippen LogP contribution in [0, 0.1) is 14.9 Å². The van der Waals surface area contributed by atoms with Gasteiger partial charge >= 0.3 is 0 Å². The summed E-state index contributed by atoms with van der Waals surface area (Å²) in [6.07, 6.45) is 1.42. The number of phenolic OH excluding ortho intramolecular Hbond substituents is 2. The Labute approximate surface area is 158 Å². The van der Waals surface area contributed by atoms with Gasteiger partial charge in [-0.3, -0.25) is 4.79 Å². The zero-order chi connectivity index (χ0) is 18.4. The molecule has 0 fully saturated rings. The monoisotopic (exact) mass is 450 g/mol. The average molecular weight is 450 g/mol. The Morgan fingerprint density at radius 2 is 2.00 bits per heavy atom. The van der Waals surface area contributed by atoms with Crippen molar-refractivity contribution >= 4 is 40.3 Å². The summed E-state index contributed by atoms with van der Waals surface area (Å²) in [5, 5.41) is 31.1. The summed E-state index contributed by atoms with van der Waals surface area (Å²) in [5.41, 5.74) is 0.916. The molecule has 0 bridgehead atoms. The van der Waals surface area contributed by atoms with Gasteiger partial charge in [0.2, 0.25) is 0 Å². The topological polar surface area (TPSA) is 103 Å². The molecule has 0 radical (unpaired) electrons. The van der Waals surface area contributed by atoms with Gasteiger partial charge in [-0.05, 0) is 77.6 Å². The molecule has 0 heterocycles. The van der Waals surface area contributed by atoms with Gasteiger partial charge in [0, 0.05) is 5.69 Å². The number of carbonyl (C=O) groups excluding carboxylic acids is 1. The van der Waals surface area contributed by atoms with E-state index < -0.39 is 5.91 Å². The van der Waals surface area contributed by atoms with E-state index >= 15 is 0 Å². The maximum Gasteiger partial charge on any atom is 0.266 e. The minimum absolute atomic E-state index is 0.0200. The van der Waals surface area contributed by atoms with Crippen LogP contribution in [0.15, 0.2) is 42.0 Å². The zero-order valence-corrected chi connectivity index (χ0v) is 15.4. The number of ether oxygens (including phenoxy) is 1. The third-order valence-corrected chi connectivity index (χ3v) is 3.97. The Morgan fingerprint density at radius 3 is 2.60 bits per heavy atom. The van der Waals surface area contributed by atoms with Crippen molar-refractivity contribution in [1.29, 1.82) is 5.26 Å². The average Bonchev–Trinajstić information content (AvgIpc) is 2.59. The molecule has 0 atom stereocenters. The molecule has 0 unspecified atom stereocenters. The van der Waals surface area contributed by atoms with E-state index in [1.165, 1.54) is 30.3 Å². The first kappa shape index (κ1) is 18.6. The third kappa shape index (κ3) is 4.87. The molecule has 0 aliphatic rings. The second-order valence-electron chi connectivity index (χ2n) is 4.95. The number of carbonyl (C=O) groups is 1. The summed E-state index contributed by atoms with van der Waals surface area (Å²) in [6.45, 7) is 2.17. The Hall–Kier alpha value is -2.73. The number of nitriles is 1. The number of hydrogen-bond acceptors (Lipinski definition) is 5. The standard InChI is InChI=1S/C18H15IN2O4/c1-2-25-16-9-11(8-15(19)17(16)23)7-12(10-20)18(24)21-13-3-5-14(22)6-4-13/h3-9,22-23H,2H2,1H3,(H,21,24)/b12-7-. The second kappa shape index (κ2) is 8.39. The summed E-state index contributed by atoms with van der Waals surface area (Å²) in [5.74, 6) is -0.186. The van der Waals surface area contributed by atoms with E-state index in [-0.39, 0.29) is 22.8 Å². The summed E-state index contributed by atoms with van der Waals surface area (Å²) < 4.78 is 5.90. The maximum atomic E-state index is 12.2.